The summed E-state index contributed by atoms with van der Waals surface area (Å²) in [6.45, 7) is 6.15. The molecule has 2 nitrogen and oxygen atoms in total. The predicted molar refractivity (Wildman–Crippen MR) is 118 cm³/mol. The van der Waals surface area contributed by atoms with Crippen molar-refractivity contribution in [1.29, 1.82) is 0 Å². The molecule has 0 spiro atoms. The fourth-order valence-electron chi connectivity index (χ4n) is 3.37. The van der Waals surface area contributed by atoms with Crippen molar-refractivity contribution < 1.29 is 4.79 Å². The Morgan fingerprint density at radius 3 is 2.25 bits per heavy atom. The molecule has 0 saturated carbocycles. The van der Waals surface area contributed by atoms with Crippen molar-refractivity contribution in [3.05, 3.63) is 95.1 Å². The van der Waals surface area contributed by atoms with E-state index in [4.69, 9.17) is 4.98 Å². The van der Waals surface area contributed by atoms with Crippen LogP contribution in [0.1, 0.15) is 27.0 Å². The van der Waals surface area contributed by atoms with Gasteiger partial charge in [-0.25, -0.2) is 4.98 Å². The van der Waals surface area contributed by atoms with Crippen LogP contribution in [0.2, 0.25) is 0 Å². The second kappa shape index (κ2) is 7.61. The van der Waals surface area contributed by atoms with Crippen LogP contribution in [0.25, 0.3) is 22.2 Å². The van der Waals surface area contributed by atoms with E-state index in [1.165, 1.54) is 17.3 Å². The quantitative estimate of drug-likeness (QED) is 0.366. The van der Waals surface area contributed by atoms with Crippen LogP contribution in [0.5, 0.6) is 0 Å². The lowest BCUT2D eigenvalue weighted by atomic mass is 10.0. The summed E-state index contributed by atoms with van der Waals surface area (Å²) in [5.74, 6) is 0. The van der Waals surface area contributed by atoms with Crippen LogP contribution in [0.4, 0.5) is 0 Å². The van der Waals surface area contributed by atoms with Gasteiger partial charge >= 0.3 is 0 Å². The monoisotopic (exact) mass is 383 g/mol. The molecular weight excluding hydrogens is 362 g/mol. The standard InChI is InChI=1S/C25H21NOS/c1-16-9-11-20(12-10-16)28-25(27)22-15-23(19-7-5-4-6-8-19)26-24-18(3)13-17(2)14-21(22)24/h4-15H,1-3H3. The van der Waals surface area contributed by atoms with Crippen LogP contribution in [0, 0.1) is 20.8 Å². The molecule has 28 heavy (non-hydrogen) atoms. The van der Waals surface area contributed by atoms with Gasteiger partial charge in [-0.15, -0.1) is 0 Å². The first-order chi connectivity index (χ1) is 13.5. The van der Waals surface area contributed by atoms with Gasteiger partial charge < -0.3 is 0 Å². The summed E-state index contributed by atoms with van der Waals surface area (Å²) in [4.78, 5) is 19.1. The van der Waals surface area contributed by atoms with Crippen LogP contribution in [0.3, 0.4) is 0 Å². The van der Waals surface area contributed by atoms with E-state index in [1.54, 1.807) is 0 Å². The molecular formula is C25H21NOS. The van der Waals surface area contributed by atoms with Crippen molar-refractivity contribution >= 4 is 27.8 Å². The zero-order valence-electron chi connectivity index (χ0n) is 16.2. The van der Waals surface area contributed by atoms with Crippen LogP contribution < -0.4 is 0 Å². The summed E-state index contributed by atoms with van der Waals surface area (Å²) < 4.78 is 0. The van der Waals surface area contributed by atoms with Gasteiger partial charge in [0, 0.05) is 21.4 Å². The van der Waals surface area contributed by atoms with E-state index in [0.717, 1.165) is 38.2 Å². The van der Waals surface area contributed by atoms with E-state index in [9.17, 15) is 4.79 Å². The van der Waals surface area contributed by atoms with E-state index in [1.807, 2.05) is 67.6 Å². The van der Waals surface area contributed by atoms with Crippen molar-refractivity contribution in [2.24, 2.45) is 0 Å². The first-order valence-corrected chi connectivity index (χ1v) is 10.1. The highest BCUT2D eigenvalue weighted by atomic mass is 32.2. The molecule has 0 aliphatic rings. The summed E-state index contributed by atoms with van der Waals surface area (Å²) in [6.07, 6.45) is 0. The predicted octanol–water partition coefficient (Wildman–Crippen LogP) is 6.76. The molecule has 0 bridgehead atoms. The normalized spacial score (nSPS) is 11.0. The van der Waals surface area contributed by atoms with Crippen molar-refractivity contribution in [1.82, 2.24) is 4.98 Å². The number of fused-ring (bicyclic) bond motifs is 1. The summed E-state index contributed by atoms with van der Waals surface area (Å²) in [5, 5.41) is 0.959. The van der Waals surface area contributed by atoms with E-state index in [-0.39, 0.29) is 5.12 Å². The van der Waals surface area contributed by atoms with Gasteiger partial charge in [0.2, 0.25) is 5.12 Å². The third-order valence-electron chi connectivity index (χ3n) is 4.77. The number of hydrogen-bond donors (Lipinski definition) is 0. The summed E-state index contributed by atoms with van der Waals surface area (Å²) in [7, 11) is 0. The van der Waals surface area contributed by atoms with Gasteiger partial charge in [-0.3, -0.25) is 4.79 Å². The SMILES string of the molecule is Cc1ccc(SC(=O)c2cc(-c3ccccc3)nc3c(C)cc(C)cc23)cc1. The van der Waals surface area contributed by atoms with Gasteiger partial charge in [0.05, 0.1) is 11.2 Å². The first kappa shape index (κ1) is 18.5. The van der Waals surface area contributed by atoms with Gasteiger partial charge in [-0.1, -0.05) is 59.7 Å². The number of pyridine rings is 1. The van der Waals surface area contributed by atoms with Crippen molar-refractivity contribution in [3.8, 4) is 11.3 Å². The number of hydrogen-bond acceptors (Lipinski definition) is 3. The number of carbonyl (C=O) groups is 1. The highest BCUT2D eigenvalue weighted by Gasteiger charge is 2.17. The molecule has 3 aromatic carbocycles. The summed E-state index contributed by atoms with van der Waals surface area (Å²) in [5.41, 5.74) is 6.84. The smallest absolute Gasteiger partial charge is 0.224 e. The number of nitrogens with zero attached hydrogens (tertiary/aromatic N) is 1. The van der Waals surface area contributed by atoms with Gasteiger partial charge in [-0.2, -0.15) is 0 Å². The van der Waals surface area contributed by atoms with Gasteiger partial charge in [0.25, 0.3) is 0 Å². The molecule has 0 aliphatic heterocycles. The number of aryl methyl sites for hydroxylation is 3. The Morgan fingerprint density at radius 1 is 0.821 bits per heavy atom. The maximum absolute atomic E-state index is 13.3. The molecule has 1 aromatic heterocycles. The fourth-order valence-corrected chi connectivity index (χ4v) is 4.14. The Bertz CT molecular complexity index is 1160. The number of thioether (sulfide) groups is 1. The molecule has 0 radical (unpaired) electrons. The Kier molecular flexibility index (Phi) is 5.01. The van der Waals surface area contributed by atoms with Gasteiger partial charge in [-0.05, 0) is 62.4 Å². The third-order valence-corrected chi connectivity index (χ3v) is 5.68. The molecule has 1 heterocycles. The molecule has 4 rings (SSSR count). The average molecular weight is 384 g/mol. The first-order valence-electron chi connectivity index (χ1n) is 9.27. The Hall–Kier alpha value is -2.91. The maximum atomic E-state index is 13.3. The zero-order valence-corrected chi connectivity index (χ0v) is 17.0. The fraction of sp³-hybridized carbons (Fsp3) is 0.120. The molecule has 0 unspecified atom stereocenters. The maximum Gasteiger partial charge on any atom is 0.224 e. The highest BCUT2D eigenvalue weighted by Crippen LogP contribution is 2.32. The van der Waals surface area contributed by atoms with E-state index < -0.39 is 0 Å². The molecule has 0 amide bonds. The Morgan fingerprint density at radius 2 is 1.54 bits per heavy atom. The minimum absolute atomic E-state index is 0.0402. The number of aromatic nitrogens is 1. The number of benzene rings is 3. The molecule has 0 N–H and O–H groups in total. The van der Waals surface area contributed by atoms with Crippen LogP contribution >= 0.6 is 11.8 Å². The van der Waals surface area contributed by atoms with Crippen molar-refractivity contribution in [3.63, 3.8) is 0 Å². The molecule has 4 aromatic rings. The topological polar surface area (TPSA) is 30.0 Å². The van der Waals surface area contributed by atoms with Gasteiger partial charge in [0.1, 0.15) is 0 Å². The highest BCUT2D eigenvalue weighted by molar-refractivity contribution is 8.14. The molecule has 138 valence electrons. The third kappa shape index (κ3) is 3.71. The molecule has 3 heteroatoms. The zero-order chi connectivity index (χ0) is 19.7. The van der Waals surface area contributed by atoms with Crippen LogP contribution in [0.15, 0.2) is 77.7 Å². The largest absolute Gasteiger partial charge is 0.281 e. The number of carbonyl (C=O) groups excluding carboxylic acids is 1. The Labute approximate surface area is 169 Å². The van der Waals surface area contributed by atoms with Crippen LogP contribution in [-0.4, -0.2) is 10.1 Å². The lowest BCUT2D eigenvalue weighted by Gasteiger charge is -2.12. The second-order valence-corrected chi connectivity index (χ2v) is 8.15. The van der Waals surface area contributed by atoms with E-state index >= 15 is 0 Å². The molecule has 0 atom stereocenters. The number of rotatable bonds is 3. The molecule has 0 fully saturated rings. The van der Waals surface area contributed by atoms with Crippen LogP contribution in [-0.2, 0) is 0 Å². The average Bonchev–Trinajstić information content (AvgIpc) is 2.69. The molecule has 0 aliphatic carbocycles. The lowest BCUT2D eigenvalue weighted by Crippen LogP contribution is -2.00. The minimum atomic E-state index is 0.0402. The Balaban J connectivity index is 1.87. The van der Waals surface area contributed by atoms with E-state index in [2.05, 4.69) is 26.0 Å². The second-order valence-electron chi connectivity index (χ2n) is 7.10. The molecule has 0 saturated heterocycles. The lowest BCUT2D eigenvalue weighted by molar-refractivity contribution is 0.109. The summed E-state index contributed by atoms with van der Waals surface area (Å²) in [6, 6.07) is 24.2. The van der Waals surface area contributed by atoms with Crippen molar-refractivity contribution in [2.45, 2.75) is 25.7 Å². The summed E-state index contributed by atoms with van der Waals surface area (Å²) >= 11 is 1.27. The van der Waals surface area contributed by atoms with Crippen molar-refractivity contribution in [2.75, 3.05) is 0 Å². The van der Waals surface area contributed by atoms with Gasteiger partial charge in [0.15, 0.2) is 0 Å². The van der Waals surface area contributed by atoms with E-state index in [0.29, 0.717) is 5.56 Å². The minimum Gasteiger partial charge on any atom is -0.281 e.